The summed E-state index contributed by atoms with van der Waals surface area (Å²) in [6, 6.07) is 0. The van der Waals surface area contributed by atoms with Crippen LogP contribution in [-0.2, 0) is 9.47 Å². The Morgan fingerprint density at radius 2 is 1.14 bits per heavy atom. The Labute approximate surface area is 155 Å². The topological polar surface area (TPSA) is 76.7 Å². The standard InChI is InChI=1S/C8H10Cl6N2O4S/c1-19-5(17)15-3(7(9,10)11)21-4(8(12,13)14)16-6(18)20-2/h3-4H,1-2H3,(H,15,17)(H,16,18)/t3-,4+. The third-order valence-corrected chi connectivity index (χ3v) is 5.31. The van der Waals surface area contributed by atoms with E-state index in [1.165, 1.54) is 0 Å². The lowest BCUT2D eigenvalue weighted by atomic mass is 10.7. The summed E-state index contributed by atoms with van der Waals surface area (Å²) in [6.07, 6.45) is -1.75. The molecule has 0 bridgehead atoms. The van der Waals surface area contributed by atoms with E-state index in [-0.39, 0.29) is 0 Å². The number of alkyl halides is 6. The highest BCUT2D eigenvalue weighted by molar-refractivity contribution is 8.01. The molecule has 0 aliphatic rings. The molecule has 0 heterocycles. The van der Waals surface area contributed by atoms with Crippen molar-refractivity contribution in [3.63, 3.8) is 0 Å². The van der Waals surface area contributed by atoms with Gasteiger partial charge in [-0.25, -0.2) is 9.59 Å². The van der Waals surface area contributed by atoms with Crippen LogP contribution in [0.2, 0.25) is 0 Å². The lowest BCUT2D eigenvalue weighted by Crippen LogP contribution is -2.48. The lowest BCUT2D eigenvalue weighted by molar-refractivity contribution is 0.170. The molecule has 21 heavy (non-hydrogen) atoms. The molecule has 124 valence electrons. The quantitative estimate of drug-likeness (QED) is 0.511. The van der Waals surface area contributed by atoms with Crippen LogP contribution in [0.25, 0.3) is 0 Å². The zero-order valence-corrected chi connectivity index (χ0v) is 15.8. The molecule has 2 amide bonds. The van der Waals surface area contributed by atoms with E-state index < -0.39 is 30.5 Å². The molecule has 0 radical (unpaired) electrons. The van der Waals surface area contributed by atoms with Gasteiger partial charge in [0, 0.05) is 0 Å². The van der Waals surface area contributed by atoms with Crippen LogP contribution in [0.1, 0.15) is 0 Å². The van der Waals surface area contributed by atoms with Gasteiger partial charge >= 0.3 is 12.2 Å². The summed E-state index contributed by atoms with van der Waals surface area (Å²) in [5, 5.41) is 2.10. The summed E-state index contributed by atoms with van der Waals surface area (Å²) < 4.78 is 4.86. The maximum atomic E-state index is 11.2. The van der Waals surface area contributed by atoms with Crippen LogP contribution in [0.15, 0.2) is 0 Å². The van der Waals surface area contributed by atoms with E-state index in [1.807, 2.05) is 0 Å². The third-order valence-electron chi connectivity index (χ3n) is 1.74. The monoisotopic (exact) mass is 440 g/mol. The number of hydrogen-bond acceptors (Lipinski definition) is 5. The molecular weight excluding hydrogens is 433 g/mol. The van der Waals surface area contributed by atoms with Gasteiger partial charge in [0.1, 0.15) is 10.7 Å². The van der Waals surface area contributed by atoms with Crippen LogP contribution in [-0.4, -0.2) is 44.7 Å². The number of carbonyl (C=O) groups is 2. The van der Waals surface area contributed by atoms with Crippen molar-refractivity contribution in [2.24, 2.45) is 0 Å². The Bertz CT molecular complexity index is 341. The number of ether oxygens (including phenoxy) is 2. The number of hydrogen-bond donors (Lipinski definition) is 2. The molecule has 6 nitrogen and oxygen atoms in total. The summed E-state index contributed by atoms with van der Waals surface area (Å²) in [4.78, 5) is 22.5. The Kier molecular flexibility index (Phi) is 9.33. The minimum absolute atomic E-state index is 0.676. The predicted molar refractivity (Wildman–Crippen MR) is 86.8 cm³/mol. The van der Waals surface area contributed by atoms with E-state index >= 15 is 0 Å². The van der Waals surface area contributed by atoms with Crippen LogP contribution in [0.4, 0.5) is 9.59 Å². The van der Waals surface area contributed by atoms with Crippen molar-refractivity contribution in [3.8, 4) is 0 Å². The second kappa shape index (κ2) is 9.05. The minimum Gasteiger partial charge on any atom is -0.453 e. The zero-order valence-electron chi connectivity index (χ0n) is 10.5. The second-order valence-electron chi connectivity index (χ2n) is 3.25. The number of thioether (sulfide) groups is 1. The molecule has 0 unspecified atom stereocenters. The normalized spacial score (nSPS) is 14.9. The molecule has 0 spiro atoms. The van der Waals surface area contributed by atoms with Gasteiger partial charge in [-0.2, -0.15) is 0 Å². The number of methoxy groups -OCH3 is 2. The summed E-state index contributed by atoms with van der Waals surface area (Å²) in [5.41, 5.74) is 0. The molecule has 0 aliphatic heterocycles. The average molecular weight is 443 g/mol. The van der Waals surface area contributed by atoms with Crippen molar-refractivity contribution in [2.45, 2.75) is 18.3 Å². The first kappa shape index (κ1) is 21.6. The first-order chi connectivity index (χ1) is 9.41. The van der Waals surface area contributed by atoms with Gasteiger partial charge in [0.25, 0.3) is 0 Å². The molecule has 0 aliphatic carbocycles. The molecule has 0 saturated carbocycles. The first-order valence-corrected chi connectivity index (χ1v) is 8.10. The fraction of sp³-hybridized carbons (Fsp3) is 0.750. The SMILES string of the molecule is COC(=O)N[C@H](S[C@H](NC(=O)OC)C(Cl)(Cl)Cl)C(Cl)(Cl)Cl. The zero-order chi connectivity index (χ0) is 16.8. The Morgan fingerprint density at radius 3 is 1.33 bits per heavy atom. The number of carbonyl (C=O) groups excluding carboxylic acids is 2. The lowest BCUT2D eigenvalue weighted by Gasteiger charge is -2.31. The molecule has 0 aromatic carbocycles. The summed E-state index contributed by atoms with van der Waals surface area (Å²) in [6.45, 7) is 0. The Hall–Kier alpha value is 0.630. The van der Waals surface area contributed by atoms with Gasteiger partial charge in [0.05, 0.1) is 14.2 Å². The number of halogens is 6. The van der Waals surface area contributed by atoms with E-state index in [0.29, 0.717) is 11.8 Å². The summed E-state index contributed by atoms with van der Waals surface area (Å²) in [5.74, 6) is 0. The number of amides is 2. The van der Waals surface area contributed by atoms with Crippen LogP contribution in [0.3, 0.4) is 0 Å². The predicted octanol–water partition coefficient (Wildman–Crippen LogP) is 3.82. The molecule has 0 fully saturated rings. The van der Waals surface area contributed by atoms with Gasteiger partial charge in [0.2, 0.25) is 7.59 Å². The number of alkyl carbamates (subject to hydrolysis) is 2. The fourth-order valence-corrected chi connectivity index (χ4v) is 3.02. The van der Waals surface area contributed by atoms with Crippen molar-refractivity contribution in [3.05, 3.63) is 0 Å². The summed E-state index contributed by atoms with van der Waals surface area (Å²) in [7, 11) is 2.24. The maximum Gasteiger partial charge on any atom is 0.407 e. The van der Waals surface area contributed by atoms with Crippen LogP contribution < -0.4 is 10.6 Å². The van der Waals surface area contributed by atoms with Crippen molar-refractivity contribution in [2.75, 3.05) is 14.2 Å². The number of nitrogens with one attached hydrogen (secondary N) is 2. The van der Waals surface area contributed by atoms with Crippen LogP contribution in [0.5, 0.6) is 0 Å². The van der Waals surface area contributed by atoms with Gasteiger partial charge < -0.3 is 20.1 Å². The molecule has 0 saturated heterocycles. The molecule has 0 aromatic heterocycles. The highest BCUT2D eigenvalue weighted by Gasteiger charge is 2.43. The van der Waals surface area contributed by atoms with Gasteiger partial charge in [-0.05, 0) is 0 Å². The van der Waals surface area contributed by atoms with Crippen LogP contribution >= 0.6 is 81.4 Å². The molecule has 13 heteroatoms. The van der Waals surface area contributed by atoms with E-state index in [9.17, 15) is 9.59 Å². The summed E-state index contributed by atoms with van der Waals surface area (Å²) >= 11 is 35.1. The van der Waals surface area contributed by atoms with Gasteiger partial charge in [-0.15, -0.1) is 11.8 Å². The van der Waals surface area contributed by atoms with Crippen molar-refractivity contribution in [1.82, 2.24) is 10.6 Å². The van der Waals surface area contributed by atoms with Gasteiger partial charge in [-0.3, -0.25) is 0 Å². The van der Waals surface area contributed by atoms with E-state index in [2.05, 4.69) is 20.1 Å². The van der Waals surface area contributed by atoms with E-state index in [0.717, 1.165) is 14.2 Å². The first-order valence-electron chi connectivity index (χ1n) is 4.89. The molecular formula is C8H10Cl6N2O4S. The largest absolute Gasteiger partial charge is 0.453 e. The third kappa shape index (κ3) is 8.74. The Morgan fingerprint density at radius 1 is 0.857 bits per heavy atom. The highest BCUT2D eigenvalue weighted by Crippen LogP contribution is 2.43. The van der Waals surface area contributed by atoms with Gasteiger partial charge in [0.15, 0.2) is 0 Å². The highest BCUT2D eigenvalue weighted by atomic mass is 35.6. The van der Waals surface area contributed by atoms with E-state index in [1.54, 1.807) is 0 Å². The maximum absolute atomic E-state index is 11.2. The molecule has 0 aromatic rings. The Balaban J connectivity index is 5.12. The van der Waals surface area contributed by atoms with Crippen LogP contribution in [0, 0.1) is 0 Å². The van der Waals surface area contributed by atoms with Crippen molar-refractivity contribution >= 4 is 93.6 Å². The van der Waals surface area contributed by atoms with Gasteiger partial charge in [-0.1, -0.05) is 69.6 Å². The fourth-order valence-electron chi connectivity index (χ4n) is 0.854. The van der Waals surface area contributed by atoms with E-state index in [4.69, 9.17) is 69.6 Å². The molecule has 2 atom stereocenters. The number of rotatable bonds is 4. The van der Waals surface area contributed by atoms with Crippen molar-refractivity contribution in [1.29, 1.82) is 0 Å². The smallest absolute Gasteiger partial charge is 0.407 e. The minimum atomic E-state index is -1.97. The van der Waals surface area contributed by atoms with Crippen molar-refractivity contribution < 1.29 is 19.1 Å². The second-order valence-corrected chi connectivity index (χ2v) is 9.20. The molecule has 0 rings (SSSR count). The molecule has 2 N–H and O–H groups in total. The average Bonchev–Trinajstić information content (AvgIpc) is 2.33.